The summed E-state index contributed by atoms with van der Waals surface area (Å²) < 4.78 is 5.51. The third-order valence-electron chi connectivity index (χ3n) is 5.66. The molecule has 3 rings (SSSR count). The van der Waals surface area contributed by atoms with Crippen molar-refractivity contribution in [3.63, 3.8) is 0 Å². The minimum Gasteiger partial charge on any atom is -0.381 e. The van der Waals surface area contributed by atoms with Crippen LogP contribution >= 0.6 is 0 Å². The Morgan fingerprint density at radius 2 is 2.05 bits per heavy atom. The van der Waals surface area contributed by atoms with Crippen molar-refractivity contribution in [1.82, 2.24) is 10.2 Å². The number of hydrogen-bond acceptors (Lipinski definition) is 3. The van der Waals surface area contributed by atoms with Crippen molar-refractivity contribution in [2.75, 3.05) is 7.11 Å². The van der Waals surface area contributed by atoms with Crippen LogP contribution in [-0.4, -0.2) is 41.8 Å². The highest BCUT2D eigenvalue weighted by Gasteiger charge is 2.54. The molecule has 0 bridgehead atoms. The van der Waals surface area contributed by atoms with Crippen molar-refractivity contribution in [3.05, 3.63) is 0 Å². The first kappa shape index (κ1) is 15.3. The molecule has 1 spiro atoms. The monoisotopic (exact) mass is 294 g/mol. The van der Waals surface area contributed by atoms with Gasteiger partial charge in [0.25, 0.3) is 0 Å². The Labute approximate surface area is 128 Å². The lowest BCUT2D eigenvalue weighted by molar-refractivity contribution is -0.135. The largest absolute Gasteiger partial charge is 0.381 e. The standard InChI is InChI=1S/C17H30N2O2/c1-12(2)10-15-18-17(8-4-5-9-17)16(20)19(15)13-6-7-14(11-13)21-3/h12-15,18H,4-11H2,1-3H3. The minimum absolute atomic E-state index is 0.231. The van der Waals surface area contributed by atoms with Gasteiger partial charge in [-0.3, -0.25) is 10.1 Å². The molecule has 1 aliphatic heterocycles. The van der Waals surface area contributed by atoms with Crippen LogP contribution in [0, 0.1) is 5.92 Å². The summed E-state index contributed by atoms with van der Waals surface area (Å²) in [5.41, 5.74) is -0.231. The summed E-state index contributed by atoms with van der Waals surface area (Å²) in [4.78, 5) is 15.3. The van der Waals surface area contributed by atoms with Gasteiger partial charge in [-0.25, -0.2) is 0 Å². The molecule has 1 N–H and O–H groups in total. The Morgan fingerprint density at radius 1 is 1.33 bits per heavy atom. The number of nitrogens with zero attached hydrogens (tertiary/aromatic N) is 1. The van der Waals surface area contributed by atoms with Gasteiger partial charge in [0.05, 0.1) is 17.8 Å². The molecule has 1 amide bonds. The maximum absolute atomic E-state index is 13.1. The number of ether oxygens (including phenoxy) is 1. The second-order valence-corrected chi connectivity index (χ2v) is 7.62. The number of amides is 1. The smallest absolute Gasteiger partial charge is 0.244 e. The van der Waals surface area contributed by atoms with Gasteiger partial charge in [-0.1, -0.05) is 26.7 Å². The molecule has 1 heterocycles. The Bertz CT molecular complexity index is 390. The molecule has 3 atom stereocenters. The van der Waals surface area contributed by atoms with Crippen molar-refractivity contribution in [2.45, 2.75) is 89.1 Å². The van der Waals surface area contributed by atoms with Crippen molar-refractivity contribution in [3.8, 4) is 0 Å². The first-order valence-electron chi connectivity index (χ1n) is 8.69. The molecule has 3 aliphatic rings. The van der Waals surface area contributed by atoms with Crippen molar-refractivity contribution in [1.29, 1.82) is 0 Å². The highest BCUT2D eigenvalue weighted by molar-refractivity contribution is 5.89. The second kappa shape index (κ2) is 5.88. The van der Waals surface area contributed by atoms with Crippen LogP contribution < -0.4 is 5.32 Å². The van der Waals surface area contributed by atoms with E-state index >= 15 is 0 Å². The molecule has 4 nitrogen and oxygen atoms in total. The fourth-order valence-corrected chi connectivity index (χ4v) is 4.60. The van der Waals surface area contributed by atoms with Crippen LogP contribution in [0.2, 0.25) is 0 Å². The van der Waals surface area contributed by atoms with E-state index in [-0.39, 0.29) is 11.7 Å². The van der Waals surface area contributed by atoms with Crippen LogP contribution in [0.25, 0.3) is 0 Å². The maximum atomic E-state index is 13.1. The molecular formula is C17H30N2O2. The van der Waals surface area contributed by atoms with E-state index in [2.05, 4.69) is 24.1 Å². The van der Waals surface area contributed by atoms with Gasteiger partial charge < -0.3 is 9.64 Å². The number of carbonyl (C=O) groups excluding carboxylic acids is 1. The van der Waals surface area contributed by atoms with Gasteiger partial charge in [0.2, 0.25) is 5.91 Å². The van der Waals surface area contributed by atoms with Crippen molar-refractivity contribution >= 4 is 5.91 Å². The quantitative estimate of drug-likeness (QED) is 0.867. The van der Waals surface area contributed by atoms with E-state index in [1.165, 1.54) is 12.8 Å². The third-order valence-corrected chi connectivity index (χ3v) is 5.66. The van der Waals surface area contributed by atoms with Crippen LogP contribution in [0.4, 0.5) is 0 Å². The Hall–Kier alpha value is -0.610. The minimum atomic E-state index is -0.231. The first-order chi connectivity index (χ1) is 10.1. The normalized spacial score (nSPS) is 35.5. The zero-order chi connectivity index (χ0) is 15.0. The Morgan fingerprint density at radius 3 is 2.62 bits per heavy atom. The predicted octanol–water partition coefficient (Wildman–Crippen LogP) is 2.67. The predicted molar refractivity (Wildman–Crippen MR) is 82.9 cm³/mol. The number of rotatable bonds is 4. The number of carbonyl (C=O) groups is 1. The topological polar surface area (TPSA) is 41.6 Å². The van der Waals surface area contributed by atoms with Crippen molar-refractivity contribution in [2.24, 2.45) is 5.92 Å². The van der Waals surface area contributed by atoms with E-state index in [4.69, 9.17) is 4.74 Å². The summed E-state index contributed by atoms with van der Waals surface area (Å²) in [5.74, 6) is 0.987. The number of hydrogen-bond donors (Lipinski definition) is 1. The van der Waals surface area contributed by atoms with Gasteiger partial charge >= 0.3 is 0 Å². The highest BCUT2D eigenvalue weighted by Crippen LogP contribution is 2.41. The molecule has 4 heteroatoms. The molecule has 0 radical (unpaired) electrons. The molecular weight excluding hydrogens is 264 g/mol. The van der Waals surface area contributed by atoms with Crippen LogP contribution in [-0.2, 0) is 9.53 Å². The summed E-state index contributed by atoms with van der Waals surface area (Å²) in [6.45, 7) is 4.49. The maximum Gasteiger partial charge on any atom is 0.244 e. The fraction of sp³-hybridized carbons (Fsp3) is 0.941. The van der Waals surface area contributed by atoms with Gasteiger partial charge in [-0.2, -0.15) is 0 Å². The zero-order valence-corrected chi connectivity index (χ0v) is 13.7. The Balaban J connectivity index is 1.79. The SMILES string of the molecule is COC1CCC(N2C(=O)C3(CCCC3)NC2CC(C)C)C1. The molecule has 120 valence electrons. The van der Waals surface area contributed by atoms with Crippen LogP contribution in [0.1, 0.15) is 65.2 Å². The summed E-state index contributed by atoms with van der Waals surface area (Å²) in [6.07, 6.45) is 9.24. The first-order valence-corrected chi connectivity index (χ1v) is 8.69. The molecule has 3 fully saturated rings. The molecule has 0 aromatic heterocycles. The van der Waals surface area contributed by atoms with Crippen LogP contribution in [0.3, 0.4) is 0 Å². The highest BCUT2D eigenvalue weighted by atomic mass is 16.5. The van der Waals surface area contributed by atoms with Gasteiger partial charge in [-0.15, -0.1) is 0 Å². The van der Waals surface area contributed by atoms with E-state index in [0.29, 0.717) is 24.0 Å². The Kier molecular flexibility index (Phi) is 4.28. The molecule has 0 aromatic carbocycles. The number of nitrogens with one attached hydrogen (secondary N) is 1. The molecule has 2 saturated carbocycles. The lowest BCUT2D eigenvalue weighted by Crippen LogP contribution is -2.45. The lowest BCUT2D eigenvalue weighted by atomic mass is 9.97. The lowest BCUT2D eigenvalue weighted by Gasteiger charge is -2.31. The molecule has 1 saturated heterocycles. The van der Waals surface area contributed by atoms with E-state index < -0.39 is 0 Å². The van der Waals surface area contributed by atoms with Crippen molar-refractivity contribution < 1.29 is 9.53 Å². The van der Waals surface area contributed by atoms with Gasteiger partial charge in [-0.05, 0) is 44.4 Å². The van der Waals surface area contributed by atoms with Crippen LogP contribution in [0.15, 0.2) is 0 Å². The summed E-state index contributed by atoms with van der Waals surface area (Å²) in [6, 6.07) is 0.374. The molecule has 21 heavy (non-hydrogen) atoms. The fourth-order valence-electron chi connectivity index (χ4n) is 4.60. The third kappa shape index (κ3) is 2.72. The zero-order valence-electron chi connectivity index (χ0n) is 13.7. The summed E-state index contributed by atoms with van der Waals surface area (Å²) in [7, 11) is 1.79. The van der Waals surface area contributed by atoms with Gasteiger partial charge in [0, 0.05) is 13.2 Å². The van der Waals surface area contributed by atoms with E-state index in [0.717, 1.165) is 38.5 Å². The summed E-state index contributed by atoms with van der Waals surface area (Å²) >= 11 is 0. The number of methoxy groups -OCH3 is 1. The van der Waals surface area contributed by atoms with Crippen LogP contribution in [0.5, 0.6) is 0 Å². The second-order valence-electron chi connectivity index (χ2n) is 7.62. The average molecular weight is 294 g/mol. The van der Waals surface area contributed by atoms with E-state index in [1.807, 2.05) is 0 Å². The molecule has 2 aliphatic carbocycles. The van der Waals surface area contributed by atoms with Gasteiger partial charge in [0.1, 0.15) is 0 Å². The average Bonchev–Trinajstić information content (AvgIpc) is 3.12. The van der Waals surface area contributed by atoms with E-state index in [1.54, 1.807) is 7.11 Å². The summed E-state index contributed by atoms with van der Waals surface area (Å²) in [5, 5.41) is 3.74. The molecule has 3 unspecified atom stereocenters. The van der Waals surface area contributed by atoms with E-state index in [9.17, 15) is 4.79 Å². The van der Waals surface area contributed by atoms with Gasteiger partial charge in [0.15, 0.2) is 0 Å². The molecule has 0 aromatic rings.